The highest BCUT2D eigenvalue weighted by Crippen LogP contribution is 2.46. The third-order valence-electron chi connectivity index (χ3n) is 9.22. The molecule has 2 aliphatic heterocycles. The third-order valence-corrected chi connectivity index (χ3v) is 9.97. The maximum atomic E-state index is 9.16. The summed E-state index contributed by atoms with van der Waals surface area (Å²) in [4.78, 5) is 9.63. The van der Waals surface area contributed by atoms with E-state index in [-0.39, 0.29) is 12.5 Å². The molecule has 59 heavy (non-hydrogen) atoms. The molecule has 14 nitrogen and oxygen atoms in total. The zero-order valence-corrected chi connectivity index (χ0v) is 37.0. The van der Waals surface area contributed by atoms with Crippen LogP contribution in [0.25, 0.3) is 44.6 Å². The average Bonchev–Trinajstić information content (AvgIpc) is 3.88. The third kappa shape index (κ3) is 11.6. The Labute approximate surface area is 363 Å². The normalized spacial score (nSPS) is 16.7. The predicted octanol–water partition coefficient (Wildman–Crippen LogP) is 10.7. The Morgan fingerprint density at radius 3 is 1.54 bits per heavy atom. The molecule has 0 spiro atoms. The van der Waals surface area contributed by atoms with Gasteiger partial charge in [0.15, 0.2) is 23.8 Å². The predicted molar refractivity (Wildman–Crippen MR) is 232 cm³/mol. The molecule has 0 N–H and O–H groups in total. The van der Waals surface area contributed by atoms with Crippen molar-refractivity contribution < 1.29 is 38.2 Å². The number of methoxy groups -OCH3 is 4. The second kappa shape index (κ2) is 21.4. The monoisotopic (exact) mass is 911 g/mol. The van der Waals surface area contributed by atoms with Crippen LogP contribution in [0.4, 0.5) is 0 Å². The number of nitrogens with zero attached hydrogens (tertiary/aromatic N) is 6. The Balaban J connectivity index is 0.000000194. The molecule has 2 unspecified atom stereocenters. The number of aromatic nitrogens is 6. The highest BCUT2D eigenvalue weighted by atomic mass is 36.0. The van der Waals surface area contributed by atoms with Gasteiger partial charge in [0.1, 0.15) is 23.0 Å². The van der Waals surface area contributed by atoms with Crippen molar-refractivity contribution >= 4 is 74.9 Å². The van der Waals surface area contributed by atoms with Crippen LogP contribution < -0.4 is 18.9 Å². The minimum Gasteiger partial charge on any atom is -0.497 e. The van der Waals surface area contributed by atoms with Crippen LogP contribution in [0.3, 0.4) is 0 Å². The van der Waals surface area contributed by atoms with Gasteiger partial charge in [-0.25, -0.2) is 19.3 Å². The maximum absolute atomic E-state index is 9.16. The van der Waals surface area contributed by atoms with Gasteiger partial charge in [-0.05, 0) is 74.9 Å². The molecular formula is C40H46Cl4N6O8S. The van der Waals surface area contributed by atoms with Crippen LogP contribution >= 0.6 is 44.6 Å². The summed E-state index contributed by atoms with van der Waals surface area (Å²) in [5.74, 6) is 2.42. The lowest BCUT2D eigenvalue weighted by molar-refractivity contribution is -0.0371. The summed E-state index contributed by atoms with van der Waals surface area (Å²) in [7, 11) is 11.2. The van der Waals surface area contributed by atoms with Crippen molar-refractivity contribution in [3.05, 3.63) is 71.0 Å². The van der Waals surface area contributed by atoms with Gasteiger partial charge in [0.25, 0.3) is 0 Å². The summed E-state index contributed by atoms with van der Waals surface area (Å²) in [6.07, 6.45) is 9.82. The molecule has 0 bridgehead atoms. The first-order valence-corrected chi connectivity index (χ1v) is 22.4. The van der Waals surface area contributed by atoms with Gasteiger partial charge in [-0.15, -0.1) is 0 Å². The van der Waals surface area contributed by atoms with Crippen LogP contribution in [0.5, 0.6) is 23.0 Å². The first-order chi connectivity index (χ1) is 28.8. The van der Waals surface area contributed by atoms with Crippen molar-refractivity contribution in [2.75, 3.05) is 41.7 Å². The van der Waals surface area contributed by atoms with Crippen molar-refractivity contribution in [1.29, 1.82) is 0 Å². The van der Waals surface area contributed by atoms with Crippen LogP contribution in [0.2, 0.25) is 10.0 Å². The topological polar surface area (TPSA) is 151 Å². The fourth-order valence-corrected chi connectivity index (χ4v) is 7.16. The second-order valence-corrected chi connectivity index (χ2v) is 17.2. The number of benzene rings is 2. The summed E-state index contributed by atoms with van der Waals surface area (Å²) in [6.45, 7) is 3.80. The van der Waals surface area contributed by atoms with E-state index < -0.39 is 8.26 Å². The van der Waals surface area contributed by atoms with Gasteiger partial charge in [-0.1, -0.05) is 37.0 Å². The lowest BCUT2D eigenvalue weighted by Gasteiger charge is -2.23. The molecule has 0 amide bonds. The number of ether oxygens (including phenoxy) is 6. The fourth-order valence-electron chi connectivity index (χ4n) is 6.47. The summed E-state index contributed by atoms with van der Waals surface area (Å²) in [5.41, 5.74) is 4.54. The Morgan fingerprint density at radius 2 is 1.14 bits per heavy atom. The average molecular weight is 914 g/mol. The number of hydrogen-bond donors (Lipinski definition) is 0. The van der Waals surface area contributed by atoms with Crippen molar-refractivity contribution in [2.24, 2.45) is 0 Å². The second-order valence-electron chi connectivity index (χ2n) is 12.8. The van der Waals surface area contributed by atoms with Crippen LogP contribution in [0, 0.1) is 0 Å². The van der Waals surface area contributed by atoms with Crippen molar-refractivity contribution in [1.82, 2.24) is 29.5 Å². The molecule has 2 atom stereocenters. The zero-order valence-electron chi connectivity index (χ0n) is 34.2. The molecule has 0 aliphatic carbocycles. The van der Waals surface area contributed by atoms with Crippen LogP contribution in [0.15, 0.2) is 60.9 Å². The molecule has 4 aromatic heterocycles. The lowest BCUT2D eigenvalue weighted by atomic mass is 10.1. The number of hydrogen-bond acceptors (Lipinski definition) is 12. The van der Waals surface area contributed by atoms with E-state index in [9.17, 15) is 0 Å². The van der Waals surface area contributed by atoms with E-state index in [1.54, 1.807) is 47.6 Å². The van der Waals surface area contributed by atoms with Gasteiger partial charge in [0.05, 0.1) is 62.3 Å². The molecule has 19 heteroatoms. The van der Waals surface area contributed by atoms with E-state index in [2.05, 4.69) is 31.6 Å². The van der Waals surface area contributed by atoms with Gasteiger partial charge >= 0.3 is 8.26 Å². The Hall–Kier alpha value is -4.09. The van der Waals surface area contributed by atoms with E-state index in [1.807, 2.05) is 58.0 Å². The molecular weight excluding hydrogens is 866 g/mol. The minimum absolute atomic E-state index is 0.0335. The summed E-state index contributed by atoms with van der Waals surface area (Å²) < 4.78 is 61.4. The maximum Gasteiger partial charge on any atom is 0.317 e. The first-order valence-electron chi connectivity index (χ1n) is 19.2. The zero-order chi connectivity index (χ0) is 43.4. The first kappa shape index (κ1) is 44.5. The molecule has 0 saturated carbocycles. The van der Waals surface area contributed by atoms with Crippen molar-refractivity contribution in [3.8, 4) is 45.5 Å². The van der Waals surface area contributed by atoms with Gasteiger partial charge in [0, 0.05) is 70.0 Å². The highest BCUT2D eigenvalue weighted by Gasteiger charge is 2.24. The molecule has 2 saturated heterocycles. The van der Waals surface area contributed by atoms with E-state index in [0.717, 1.165) is 96.6 Å². The molecule has 0 radical (unpaired) electrons. The summed E-state index contributed by atoms with van der Waals surface area (Å²) >= 11 is 13.1. The smallest absolute Gasteiger partial charge is 0.317 e. The number of fused-ring (bicyclic) bond motifs is 2. The Morgan fingerprint density at radius 1 is 0.695 bits per heavy atom. The highest BCUT2D eigenvalue weighted by molar-refractivity contribution is 8.31. The largest absolute Gasteiger partial charge is 0.497 e. The van der Waals surface area contributed by atoms with Crippen molar-refractivity contribution in [2.45, 2.75) is 64.8 Å². The van der Waals surface area contributed by atoms with Crippen molar-refractivity contribution in [3.63, 3.8) is 0 Å². The summed E-state index contributed by atoms with van der Waals surface area (Å²) in [5, 5.41) is 11.7. The molecule has 2 aliphatic rings. The lowest BCUT2D eigenvalue weighted by Crippen LogP contribution is -2.19. The van der Waals surface area contributed by atoms with E-state index in [4.69, 9.17) is 71.4 Å². The van der Waals surface area contributed by atoms with Gasteiger partial charge < -0.3 is 28.4 Å². The Kier molecular flexibility index (Phi) is 16.2. The van der Waals surface area contributed by atoms with Gasteiger partial charge in [0.2, 0.25) is 0 Å². The van der Waals surface area contributed by atoms with E-state index >= 15 is 0 Å². The van der Waals surface area contributed by atoms with Crippen LogP contribution in [0.1, 0.15) is 66.2 Å². The molecule has 318 valence electrons. The van der Waals surface area contributed by atoms with Crippen LogP contribution in [-0.2, 0) is 17.7 Å². The Bertz CT molecular complexity index is 2400. The number of pyridine rings is 2. The SMILES string of the molecule is COc1cc(OC)c(Cl)c(-c2ccc3cnn(C4CCCCO4)c3n2)c1Cl.COc1cc(OC)cc(-c2ccc3cnn(C4CCCCO4)c3n2)c1.O=S(=O)(Cl)Cl.[2H]CC. The fraction of sp³-hybridized carbons (Fsp3) is 0.400. The molecule has 6 heterocycles. The van der Waals surface area contributed by atoms with Crippen LogP contribution in [-0.4, -0.2) is 79.6 Å². The number of halogens is 4. The number of rotatable bonds is 8. The van der Waals surface area contributed by atoms with E-state index in [1.165, 1.54) is 0 Å². The minimum atomic E-state index is -3.72. The quantitative estimate of drug-likeness (QED) is 0.134. The van der Waals surface area contributed by atoms with Gasteiger partial charge in [-0.2, -0.15) is 18.6 Å². The molecule has 8 rings (SSSR count). The molecule has 2 fully saturated rings. The molecule has 6 aromatic rings. The molecule has 2 aromatic carbocycles. The summed E-state index contributed by atoms with van der Waals surface area (Å²) in [6, 6.07) is 15.3. The van der Waals surface area contributed by atoms with Gasteiger partial charge in [-0.3, -0.25) is 0 Å². The van der Waals surface area contributed by atoms with E-state index in [0.29, 0.717) is 39.7 Å². The standard InChI is InChI=1S/C19H19Cl2N3O3.C19H21N3O3.C2H6.Cl2O2S/c1-25-13-9-14(26-2)18(21)16(17(13)20)12-7-6-11-10-22-24(19(11)23-12)15-5-3-4-8-27-15;1-23-15-9-14(10-16(11-15)24-2)17-7-6-13-12-20-22(19(13)21-17)18-5-3-4-8-25-18;1-2;1-5(2,3)4/h6-7,9-10,15H,3-5,8H2,1-2H3;6-7,9-12,18H,3-5,8H2,1-2H3;1-2H3;/i;;1D;.